The number of halogens is 1. The number of benzene rings is 1. The van der Waals surface area contributed by atoms with Gasteiger partial charge in [-0.2, -0.15) is 0 Å². The molecule has 1 fully saturated rings. The van der Waals surface area contributed by atoms with Gasteiger partial charge in [0, 0.05) is 26.2 Å². The maximum atomic E-state index is 14.0. The number of hydrogen-bond acceptors (Lipinski definition) is 4. The molecule has 0 N–H and O–H groups in total. The molecular formula is C13H16FN3O. The Bertz CT molecular complexity index is 463. The van der Waals surface area contributed by atoms with E-state index in [1.54, 1.807) is 12.1 Å². The van der Waals surface area contributed by atoms with Crippen LogP contribution >= 0.6 is 0 Å². The number of isocyanates is 1. The second-order valence-electron chi connectivity index (χ2n) is 4.48. The van der Waals surface area contributed by atoms with Gasteiger partial charge in [0.25, 0.3) is 0 Å². The van der Waals surface area contributed by atoms with Gasteiger partial charge in [0.2, 0.25) is 6.08 Å². The number of anilines is 1. The summed E-state index contributed by atoms with van der Waals surface area (Å²) >= 11 is 0. The quantitative estimate of drug-likeness (QED) is 0.600. The smallest absolute Gasteiger partial charge is 0.235 e. The summed E-state index contributed by atoms with van der Waals surface area (Å²) in [4.78, 5) is 17.7. The monoisotopic (exact) mass is 249 g/mol. The number of piperazine rings is 1. The Labute approximate surface area is 106 Å². The number of rotatable bonds is 3. The van der Waals surface area contributed by atoms with Crippen LogP contribution in [0.2, 0.25) is 0 Å². The van der Waals surface area contributed by atoms with Crippen molar-refractivity contribution < 1.29 is 9.18 Å². The van der Waals surface area contributed by atoms with Crippen molar-refractivity contribution in [1.82, 2.24) is 4.90 Å². The first-order valence-corrected chi connectivity index (χ1v) is 5.96. The molecule has 0 saturated carbocycles. The molecule has 1 aromatic rings. The highest BCUT2D eigenvalue weighted by Crippen LogP contribution is 2.22. The summed E-state index contributed by atoms with van der Waals surface area (Å²) in [6, 6.07) is 5.00. The van der Waals surface area contributed by atoms with Crippen molar-refractivity contribution in [3.63, 3.8) is 0 Å². The maximum Gasteiger partial charge on any atom is 0.235 e. The molecule has 2 rings (SSSR count). The molecule has 18 heavy (non-hydrogen) atoms. The third-order valence-electron chi connectivity index (χ3n) is 3.18. The molecule has 0 radical (unpaired) electrons. The van der Waals surface area contributed by atoms with Gasteiger partial charge in [-0.15, -0.1) is 0 Å². The first-order valence-electron chi connectivity index (χ1n) is 5.96. The molecule has 1 heterocycles. The van der Waals surface area contributed by atoms with Gasteiger partial charge >= 0.3 is 0 Å². The van der Waals surface area contributed by atoms with E-state index in [4.69, 9.17) is 0 Å². The van der Waals surface area contributed by atoms with Gasteiger partial charge in [0.05, 0.1) is 12.2 Å². The fraction of sp³-hybridized carbons (Fsp3) is 0.462. The first kappa shape index (κ1) is 12.7. The van der Waals surface area contributed by atoms with E-state index in [2.05, 4.69) is 16.9 Å². The molecule has 5 heteroatoms. The molecule has 0 aromatic heterocycles. The van der Waals surface area contributed by atoms with Crippen LogP contribution in [0.5, 0.6) is 0 Å². The number of likely N-dealkylation sites (N-methyl/N-ethyl adjacent to an activating group) is 1. The number of hydrogen-bond donors (Lipinski definition) is 0. The van der Waals surface area contributed by atoms with Crippen molar-refractivity contribution in [2.24, 2.45) is 4.99 Å². The predicted octanol–water partition coefficient (Wildman–Crippen LogP) is 1.41. The number of nitrogens with zero attached hydrogens (tertiary/aromatic N) is 3. The minimum atomic E-state index is -0.252. The fourth-order valence-electron chi connectivity index (χ4n) is 2.08. The third kappa shape index (κ3) is 2.94. The van der Waals surface area contributed by atoms with Gasteiger partial charge in [-0.1, -0.05) is 6.07 Å². The summed E-state index contributed by atoms with van der Waals surface area (Å²) in [5, 5.41) is 0. The first-order chi connectivity index (χ1) is 8.70. The Morgan fingerprint density at radius 2 is 2.06 bits per heavy atom. The summed E-state index contributed by atoms with van der Waals surface area (Å²) in [7, 11) is 2.06. The minimum absolute atomic E-state index is 0.184. The second kappa shape index (κ2) is 5.76. The largest absolute Gasteiger partial charge is 0.367 e. The van der Waals surface area contributed by atoms with Crippen LogP contribution in [-0.4, -0.2) is 44.2 Å². The van der Waals surface area contributed by atoms with E-state index in [0.29, 0.717) is 11.3 Å². The summed E-state index contributed by atoms with van der Waals surface area (Å²) < 4.78 is 14.0. The lowest BCUT2D eigenvalue weighted by Crippen LogP contribution is -2.44. The van der Waals surface area contributed by atoms with Gasteiger partial charge in [0.1, 0.15) is 5.82 Å². The van der Waals surface area contributed by atoms with Gasteiger partial charge in [-0.05, 0) is 24.7 Å². The summed E-state index contributed by atoms with van der Waals surface area (Å²) in [6.07, 6.45) is 1.46. The molecule has 1 saturated heterocycles. The van der Waals surface area contributed by atoms with Crippen LogP contribution in [0, 0.1) is 5.82 Å². The van der Waals surface area contributed by atoms with E-state index < -0.39 is 0 Å². The highest BCUT2D eigenvalue weighted by Gasteiger charge is 2.17. The van der Waals surface area contributed by atoms with E-state index in [1.165, 1.54) is 12.1 Å². The Kier molecular flexibility index (Phi) is 4.07. The lowest BCUT2D eigenvalue weighted by molar-refractivity contribution is 0.311. The molecule has 4 nitrogen and oxygen atoms in total. The average Bonchev–Trinajstić information content (AvgIpc) is 2.38. The Morgan fingerprint density at radius 1 is 1.33 bits per heavy atom. The Balaban J connectivity index is 2.11. The van der Waals surface area contributed by atoms with Crippen LogP contribution in [0.3, 0.4) is 0 Å². The Hall–Kier alpha value is -1.71. The van der Waals surface area contributed by atoms with E-state index in [1.807, 2.05) is 4.90 Å². The topological polar surface area (TPSA) is 35.9 Å². The zero-order valence-corrected chi connectivity index (χ0v) is 10.4. The summed E-state index contributed by atoms with van der Waals surface area (Å²) in [6.45, 7) is 3.73. The molecule has 96 valence electrons. The molecular weight excluding hydrogens is 233 g/mol. The van der Waals surface area contributed by atoms with Crippen molar-refractivity contribution in [1.29, 1.82) is 0 Å². The van der Waals surface area contributed by atoms with E-state index in [-0.39, 0.29) is 12.4 Å². The molecule has 0 bridgehead atoms. The SMILES string of the molecule is CN1CCN(c2ccc(CN=C=O)cc2F)CC1. The molecule has 1 aromatic carbocycles. The molecule has 1 aliphatic heterocycles. The average molecular weight is 249 g/mol. The van der Waals surface area contributed by atoms with Gasteiger partial charge in [0.15, 0.2) is 0 Å². The van der Waals surface area contributed by atoms with Crippen molar-refractivity contribution in [3.8, 4) is 0 Å². The standard InChI is InChI=1S/C13H16FN3O/c1-16-4-6-17(7-5-16)13-3-2-11(8-12(13)14)9-15-10-18/h2-3,8H,4-7,9H2,1H3. The molecule has 0 amide bonds. The van der Waals surface area contributed by atoms with Crippen LogP contribution < -0.4 is 4.90 Å². The normalized spacial score (nSPS) is 16.4. The molecule has 0 spiro atoms. The number of aliphatic imine (C=N–C) groups is 1. The summed E-state index contributed by atoms with van der Waals surface area (Å²) in [5.74, 6) is -0.252. The zero-order valence-electron chi connectivity index (χ0n) is 10.4. The minimum Gasteiger partial charge on any atom is -0.367 e. The lowest BCUT2D eigenvalue weighted by atomic mass is 10.1. The van der Waals surface area contributed by atoms with Crippen molar-refractivity contribution in [3.05, 3.63) is 29.6 Å². The van der Waals surface area contributed by atoms with Crippen LogP contribution in [0.4, 0.5) is 10.1 Å². The van der Waals surface area contributed by atoms with Crippen LogP contribution in [0.15, 0.2) is 23.2 Å². The summed E-state index contributed by atoms with van der Waals surface area (Å²) in [5.41, 5.74) is 1.32. The predicted molar refractivity (Wildman–Crippen MR) is 67.9 cm³/mol. The lowest BCUT2D eigenvalue weighted by Gasteiger charge is -2.34. The van der Waals surface area contributed by atoms with Gasteiger partial charge < -0.3 is 9.80 Å². The van der Waals surface area contributed by atoms with E-state index >= 15 is 0 Å². The highest BCUT2D eigenvalue weighted by molar-refractivity contribution is 5.49. The molecule has 0 unspecified atom stereocenters. The zero-order chi connectivity index (χ0) is 13.0. The highest BCUT2D eigenvalue weighted by atomic mass is 19.1. The number of carbonyl (C=O) groups excluding carboxylic acids is 1. The van der Waals surface area contributed by atoms with Crippen LogP contribution in [0.1, 0.15) is 5.56 Å². The maximum absolute atomic E-state index is 14.0. The van der Waals surface area contributed by atoms with E-state index in [0.717, 1.165) is 26.2 Å². The molecule has 0 atom stereocenters. The molecule has 1 aliphatic rings. The van der Waals surface area contributed by atoms with Crippen molar-refractivity contribution in [2.75, 3.05) is 38.1 Å². The van der Waals surface area contributed by atoms with Gasteiger partial charge in [-0.3, -0.25) is 0 Å². The van der Waals surface area contributed by atoms with Gasteiger partial charge in [-0.25, -0.2) is 14.2 Å². The fourth-order valence-corrected chi connectivity index (χ4v) is 2.08. The third-order valence-corrected chi connectivity index (χ3v) is 3.18. The van der Waals surface area contributed by atoms with Crippen molar-refractivity contribution in [2.45, 2.75) is 6.54 Å². The Morgan fingerprint density at radius 3 is 2.67 bits per heavy atom. The van der Waals surface area contributed by atoms with Crippen molar-refractivity contribution >= 4 is 11.8 Å². The van der Waals surface area contributed by atoms with Crippen LogP contribution in [0.25, 0.3) is 0 Å². The second-order valence-corrected chi connectivity index (χ2v) is 4.48. The van der Waals surface area contributed by atoms with Crippen LogP contribution in [-0.2, 0) is 11.3 Å². The molecule has 0 aliphatic carbocycles. The van der Waals surface area contributed by atoms with E-state index in [9.17, 15) is 9.18 Å².